The van der Waals surface area contributed by atoms with Crippen molar-refractivity contribution in [1.82, 2.24) is 20.0 Å². The molecule has 1 aliphatic rings. The van der Waals surface area contributed by atoms with E-state index in [1.165, 1.54) is 36.4 Å². The molecule has 0 fully saturated rings. The number of halogens is 3. The lowest BCUT2D eigenvalue weighted by atomic mass is 9.99. The topological polar surface area (TPSA) is 97.4 Å². The molecule has 206 valence electrons. The first-order valence-corrected chi connectivity index (χ1v) is 12.5. The van der Waals surface area contributed by atoms with Gasteiger partial charge >= 0.3 is 6.18 Å². The molecule has 0 unspecified atom stereocenters. The summed E-state index contributed by atoms with van der Waals surface area (Å²) in [6, 6.07) is 11.7. The van der Waals surface area contributed by atoms with E-state index in [0.29, 0.717) is 11.3 Å². The number of aryl methyl sites for hydroxylation is 3. The molecular formula is C29H25F3N4O4. The van der Waals surface area contributed by atoms with E-state index in [2.05, 4.69) is 10.4 Å². The summed E-state index contributed by atoms with van der Waals surface area (Å²) in [6.45, 7) is 3.22. The minimum atomic E-state index is -4.63. The number of carbonyl (C=O) groups excluding carboxylic acids is 3. The minimum Gasteiger partial charge on any atom is -0.455 e. The van der Waals surface area contributed by atoms with Crippen LogP contribution in [-0.2, 0) is 19.6 Å². The second-order valence-corrected chi connectivity index (χ2v) is 9.68. The Morgan fingerprint density at radius 3 is 2.23 bits per heavy atom. The van der Waals surface area contributed by atoms with Crippen LogP contribution in [0, 0.1) is 13.8 Å². The van der Waals surface area contributed by atoms with E-state index >= 15 is 0 Å². The summed E-state index contributed by atoms with van der Waals surface area (Å²) in [5.41, 5.74) is 1.71. The van der Waals surface area contributed by atoms with Crippen LogP contribution in [0.4, 0.5) is 13.2 Å². The summed E-state index contributed by atoms with van der Waals surface area (Å²) >= 11 is 0. The Morgan fingerprint density at radius 2 is 1.62 bits per heavy atom. The van der Waals surface area contributed by atoms with E-state index in [1.807, 2.05) is 6.92 Å². The molecule has 4 aromatic rings. The van der Waals surface area contributed by atoms with Crippen LogP contribution in [0.15, 0.2) is 65.2 Å². The number of nitrogens with one attached hydrogen (secondary N) is 1. The molecule has 0 spiro atoms. The second-order valence-electron chi connectivity index (χ2n) is 9.68. The third-order valence-corrected chi connectivity index (χ3v) is 6.92. The standard InChI is InChI=1S/C29H25F3N4O4/c1-16-14-33-35(3)25(16)22-13-24(40-17(22)2)26(37)34-19(12-18-8-4-7-11-23(18)29(30,31)32)15-36-27(38)20-9-5-6-10-21(20)28(36)39/h4-11,13-14,19H,12,15H2,1-3H3,(H,34,37)/t19-/m0/s1. The third-order valence-electron chi connectivity index (χ3n) is 6.92. The van der Waals surface area contributed by atoms with Crippen LogP contribution in [0.3, 0.4) is 0 Å². The first kappa shape index (κ1) is 26.9. The van der Waals surface area contributed by atoms with Crippen molar-refractivity contribution < 1.29 is 32.0 Å². The van der Waals surface area contributed by atoms with E-state index in [-0.39, 0.29) is 35.4 Å². The summed E-state index contributed by atoms with van der Waals surface area (Å²) in [5, 5.41) is 6.91. The van der Waals surface area contributed by atoms with Gasteiger partial charge in [0, 0.05) is 19.2 Å². The van der Waals surface area contributed by atoms with Gasteiger partial charge in [0.15, 0.2) is 5.76 Å². The maximum absolute atomic E-state index is 13.8. The largest absolute Gasteiger partial charge is 0.455 e. The summed E-state index contributed by atoms with van der Waals surface area (Å²) in [7, 11) is 1.75. The van der Waals surface area contributed by atoms with E-state index < -0.39 is 35.5 Å². The van der Waals surface area contributed by atoms with Crippen LogP contribution in [0.5, 0.6) is 0 Å². The zero-order valence-corrected chi connectivity index (χ0v) is 21.9. The van der Waals surface area contributed by atoms with Gasteiger partial charge < -0.3 is 9.73 Å². The van der Waals surface area contributed by atoms with Gasteiger partial charge in [0.25, 0.3) is 17.7 Å². The molecule has 0 aliphatic carbocycles. The quantitative estimate of drug-likeness (QED) is 0.329. The lowest BCUT2D eigenvalue weighted by molar-refractivity contribution is -0.138. The molecule has 2 aromatic carbocycles. The molecule has 0 saturated heterocycles. The van der Waals surface area contributed by atoms with E-state index in [9.17, 15) is 27.6 Å². The summed E-state index contributed by atoms with van der Waals surface area (Å²) < 4.78 is 48.6. The van der Waals surface area contributed by atoms with Crippen LogP contribution < -0.4 is 5.32 Å². The normalized spacial score (nSPS) is 14.0. The number of benzene rings is 2. The Labute approximate surface area is 227 Å². The molecule has 40 heavy (non-hydrogen) atoms. The van der Waals surface area contributed by atoms with Crippen LogP contribution in [0.2, 0.25) is 0 Å². The van der Waals surface area contributed by atoms with Crippen molar-refractivity contribution in [2.75, 3.05) is 6.54 Å². The minimum absolute atomic E-state index is 0.0652. The fourth-order valence-corrected chi connectivity index (χ4v) is 5.05. The van der Waals surface area contributed by atoms with E-state index in [0.717, 1.165) is 22.2 Å². The van der Waals surface area contributed by atoms with Gasteiger partial charge in [0.2, 0.25) is 0 Å². The van der Waals surface area contributed by atoms with Crippen LogP contribution >= 0.6 is 0 Å². The Balaban J connectivity index is 1.46. The number of hydrogen-bond acceptors (Lipinski definition) is 5. The fourth-order valence-electron chi connectivity index (χ4n) is 5.05. The summed E-state index contributed by atoms with van der Waals surface area (Å²) in [5.74, 6) is -1.46. The number of fused-ring (bicyclic) bond motifs is 1. The number of aromatic nitrogens is 2. The van der Waals surface area contributed by atoms with Gasteiger partial charge in [0.05, 0.1) is 34.6 Å². The molecule has 3 amide bonds. The van der Waals surface area contributed by atoms with Gasteiger partial charge in [-0.2, -0.15) is 18.3 Å². The number of rotatable bonds is 7. The molecule has 3 heterocycles. The molecule has 2 aromatic heterocycles. The van der Waals surface area contributed by atoms with Crippen molar-refractivity contribution >= 4 is 17.7 Å². The highest BCUT2D eigenvalue weighted by Gasteiger charge is 2.38. The summed E-state index contributed by atoms with van der Waals surface area (Å²) in [4.78, 5) is 40.3. The maximum Gasteiger partial charge on any atom is 0.416 e. The highest BCUT2D eigenvalue weighted by atomic mass is 19.4. The van der Waals surface area contributed by atoms with Gasteiger partial charge in [0.1, 0.15) is 5.76 Å². The zero-order valence-electron chi connectivity index (χ0n) is 21.9. The number of furan rings is 1. The van der Waals surface area contributed by atoms with Crippen molar-refractivity contribution in [3.8, 4) is 11.3 Å². The van der Waals surface area contributed by atoms with Crippen molar-refractivity contribution in [2.45, 2.75) is 32.5 Å². The predicted octanol–water partition coefficient (Wildman–Crippen LogP) is 4.95. The number of carbonyl (C=O) groups is 3. The van der Waals surface area contributed by atoms with Gasteiger partial charge in [-0.15, -0.1) is 0 Å². The molecule has 8 nitrogen and oxygen atoms in total. The number of hydrogen-bond donors (Lipinski definition) is 1. The first-order chi connectivity index (χ1) is 19.0. The molecule has 0 radical (unpaired) electrons. The predicted molar refractivity (Wildman–Crippen MR) is 139 cm³/mol. The van der Waals surface area contributed by atoms with Gasteiger partial charge in [-0.3, -0.25) is 24.0 Å². The Bertz CT molecular complexity index is 1580. The van der Waals surface area contributed by atoms with Crippen molar-refractivity contribution in [3.05, 3.63) is 100 Å². The Morgan fingerprint density at radius 1 is 1.00 bits per heavy atom. The monoisotopic (exact) mass is 550 g/mol. The average molecular weight is 551 g/mol. The molecule has 0 saturated carbocycles. The lowest BCUT2D eigenvalue weighted by Crippen LogP contribution is -2.47. The van der Waals surface area contributed by atoms with Crippen molar-refractivity contribution in [2.24, 2.45) is 7.05 Å². The SMILES string of the molecule is Cc1cnn(C)c1-c1cc(C(=O)N[C@@H](Cc2ccccc2C(F)(F)F)CN2C(=O)c3ccccc3C2=O)oc1C. The maximum atomic E-state index is 13.8. The highest BCUT2D eigenvalue weighted by molar-refractivity contribution is 6.21. The van der Waals surface area contributed by atoms with Crippen LogP contribution in [0.25, 0.3) is 11.3 Å². The average Bonchev–Trinajstić information content (AvgIpc) is 3.53. The molecule has 0 bridgehead atoms. The zero-order chi connectivity index (χ0) is 28.8. The summed E-state index contributed by atoms with van der Waals surface area (Å²) in [6.07, 6.45) is -3.24. The number of nitrogens with zero attached hydrogens (tertiary/aromatic N) is 3. The molecule has 1 atom stereocenters. The molecule has 5 rings (SSSR count). The molecule has 1 N–H and O–H groups in total. The highest BCUT2D eigenvalue weighted by Crippen LogP contribution is 2.33. The third kappa shape index (κ3) is 4.90. The smallest absolute Gasteiger partial charge is 0.416 e. The van der Waals surface area contributed by atoms with E-state index in [4.69, 9.17) is 4.42 Å². The number of alkyl halides is 3. The van der Waals surface area contributed by atoms with Gasteiger partial charge in [-0.1, -0.05) is 30.3 Å². The Hall–Kier alpha value is -4.67. The number of amides is 3. The molecular weight excluding hydrogens is 525 g/mol. The van der Waals surface area contributed by atoms with Crippen LogP contribution in [0.1, 0.15) is 53.7 Å². The fraction of sp³-hybridized carbons (Fsp3) is 0.241. The second kappa shape index (κ2) is 10.1. The van der Waals surface area contributed by atoms with Crippen molar-refractivity contribution in [3.63, 3.8) is 0 Å². The Kier molecular flexibility index (Phi) is 6.82. The molecule has 1 aliphatic heterocycles. The molecule has 11 heteroatoms. The van der Waals surface area contributed by atoms with E-state index in [1.54, 1.807) is 37.0 Å². The van der Waals surface area contributed by atoms with Crippen molar-refractivity contribution in [1.29, 1.82) is 0 Å². The first-order valence-electron chi connectivity index (χ1n) is 12.5. The number of imide groups is 1. The lowest BCUT2D eigenvalue weighted by Gasteiger charge is -2.25. The van der Waals surface area contributed by atoms with Crippen LogP contribution in [-0.4, -0.2) is 45.0 Å². The van der Waals surface area contributed by atoms with Gasteiger partial charge in [-0.25, -0.2) is 0 Å². The van der Waals surface area contributed by atoms with Gasteiger partial charge in [-0.05, 0) is 55.7 Å².